The van der Waals surface area contributed by atoms with Gasteiger partial charge >= 0.3 is 0 Å². The molecule has 0 spiro atoms. The molecule has 0 bridgehead atoms. The fraction of sp³-hybridized carbons (Fsp3) is 0.955. The van der Waals surface area contributed by atoms with Crippen molar-refractivity contribution in [2.45, 2.75) is 580 Å². The number of carbonyl (C=O) groups is 5. The second kappa shape index (κ2) is 135. The maximum absolute atomic E-state index is 11.2. The van der Waals surface area contributed by atoms with Gasteiger partial charge in [0.05, 0.1) is 42.7 Å². The molecule has 0 aliphatic heterocycles. The molecule has 0 aliphatic carbocycles. The smallest absolute Gasteiger partial charge is 0.246 e. The summed E-state index contributed by atoms with van der Waals surface area (Å²) >= 11 is 0. The molecule has 0 heterocycles. The predicted octanol–water partition coefficient (Wildman–Crippen LogP) is 30.5. The number of nitrogens with two attached hydrogens (primary N) is 1. The molecular formula is C110H240N6O12. The van der Waals surface area contributed by atoms with E-state index in [2.05, 4.69) is 179 Å². The molecule has 0 saturated heterocycles. The van der Waals surface area contributed by atoms with Crippen LogP contribution in [0.25, 0.3) is 0 Å². The highest BCUT2D eigenvalue weighted by molar-refractivity contribution is 5.78. The standard InChI is InChI=1S/C12H25NO2.C12H26.C11H23NO2.C11H23NO.C11H24.C10H21NO2.C10H22O.C9H19NO2.C9H21N.C8H18O.C6H14O.CH4/c1-4-5-6-7-8-9-13-12(14)10-15-11(2)3;1-4-5-6-7-8-9-10-11-12(2)3;1-4-5-6-7-8-12-11(13)9-14-10(2)3;1-4-5-6-7-8-9-12-11(13)10(2)3;1-4-5-6-7-8-9-10-11(2)3;1-4-5-6-7-11-10(12)8-13-9(2)3;1-4-5-6-7-8-9-11-10(2)3;1-4-5-6-10-9(11)7-12-8(2)3;1-9(2)7-5-3-4-6-8-10;1-4-5-6-7-9-8(2)3;1-4-5-7-6(2)3;/h11H,4-10H2,1-3H3,(H,13,14);12H,4-11H2,1-3H3;10H,4-9H2,1-3H3,(H,12,13);10H,4-9H2,1-3H3,(H,12,13);11H,4-10H2,1-3H3;9H,4-8H2,1-3H3,(H,11,12);10H,4-9H2,1-3H3;8H,4-7H2,1-3H3,(H,10,11);9H,3-8,10H2,1-2H3;8H,4-7H2,1-3H3;6H,4-5H2,1-3H3;1H4. The number of ether oxygens (including phenoxy) is 7. The van der Waals surface area contributed by atoms with Crippen LogP contribution >= 0.6 is 0 Å². The molecule has 7 N–H and O–H groups in total. The lowest BCUT2D eigenvalue weighted by Crippen LogP contribution is -2.29. The molecule has 0 aliphatic rings. The van der Waals surface area contributed by atoms with E-state index < -0.39 is 0 Å². The average molecular weight is 1840 g/mol. The second-order valence-corrected chi connectivity index (χ2v) is 37.8. The van der Waals surface area contributed by atoms with E-state index in [1.165, 1.54) is 263 Å². The zero-order chi connectivity index (χ0) is 98.9. The molecule has 0 aromatic heterocycles. The quantitative estimate of drug-likeness (QED) is 0.0311. The third-order valence-corrected chi connectivity index (χ3v) is 19.0. The zero-order valence-corrected chi connectivity index (χ0v) is 92.0. The van der Waals surface area contributed by atoms with Gasteiger partial charge in [-0.05, 0) is 179 Å². The minimum absolute atomic E-state index is 0. The summed E-state index contributed by atoms with van der Waals surface area (Å²) in [7, 11) is 0. The summed E-state index contributed by atoms with van der Waals surface area (Å²) in [6, 6.07) is 0. The van der Waals surface area contributed by atoms with E-state index in [1.54, 1.807) is 0 Å². The molecule has 0 rings (SSSR count). The minimum Gasteiger partial charge on any atom is -0.379 e. The first-order chi connectivity index (χ1) is 60.5. The van der Waals surface area contributed by atoms with Gasteiger partial charge in [0.1, 0.15) is 26.4 Å². The third kappa shape index (κ3) is 195. The first-order valence-corrected chi connectivity index (χ1v) is 53.8. The van der Waals surface area contributed by atoms with Crippen molar-refractivity contribution in [3.63, 3.8) is 0 Å². The Morgan fingerprint density at radius 1 is 0.211 bits per heavy atom. The highest BCUT2D eigenvalue weighted by Gasteiger charge is 2.08. The number of hydrogen-bond acceptors (Lipinski definition) is 13. The second-order valence-electron chi connectivity index (χ2n) is 37.8. The monoisotopic (exact) mass is 1840 g/mol. The molecule has 782 valence electrons. The molecule has 0 unspecified atom stereocenters. The zero-order valence-electron chi connectivity index (χ0n) is 92.0. The lowest BCUT2D eigenvalue weighted by Gasteiger charge is -2.08. The molecule has 0 aromatic rings. The van der Waals surface area contributed by atoms with Crippen molar-refractivity contribution in [2.75, 3.05) is 85.5 Å². The number of amides is 5. The van der Waals surface area contributed by atoms with E-state index in [0.29, 0.717) is 18.3 Å². The number of unbranched alkanes of at least 4 members (excludes halogenated alkanes) is 34. The van der Waals surface area contributed by atoms with Gasteiger partial charge in [0.2, 0.25) is 29.5 Å². The van der Waals surface area contributed by atoms with Gasteiger partial charge in [-0.3, -0.25) is 24.0 Å². The van der Waals surface area contributed by atoms with Crippen molar-refractivity contribution < 1.29 is 57.1 Å². The number of hydrogen-bond donors (Lipinski definition) is 6. The van der Waals surface area contributed by atoms with Crippen molar-refractivity contribution in [2.24, 2.45) is 29.4 Å². The van der Waals surface area contributed by atoms with Crippen LogP contribution < -0.4 is 32.3 Å². The van der Waals surface area contributed by atoms with E-state index in [4.69, 9.17) is 38.9 Å². The van der Waals surface area contributed by atoms with E-state index in [0.717, 1.165) is 122 Å². The molecular weight excluding hydrogens is 1600 g/mol. The van der Waals surface area contributed by atoms with Gasteiger partial charge in [0.25, 0.3) is 0 Å². The van der Waals surface area contributed by atoms with Crippen LogP contribution in [0.15, 0.2) is 0 Å². The molecule has 18 nitrogen and oxygen atoms in total. The molecule has 18 heteroatoms. The van der Waals surface area contributed by atoms with Gasteiger partial charge in [0.15, 0.2) is 0 Å². The molecule has 5 amide bonds. The van der Waals surface area contributed by atoms with Crippen molar-refractivity contribution in [3.8, 4) is 0 Å². The van der Waals surface area contributed by atoms with Crippen LogP contribution in [-0.2, 0) is 57.1 Å². The van der Waals surface area contributed by atoms with Gasteiger partial charge in [-0.15, -0.1) is 0 Å². The fourth-order valence-electron chi connectivity index (χ4n) is 11.0. The van der Waals surface area contributed by atoms with Crippen molar-refractivity contribution >= 4 is 29.5 Å². The summed E-state index contributed by atoms with van der Waals surface area (Å²) in [6.07, 6.45) is 64.2. The summed E-state index contributed by atoms with van der Waals surface area (Å²) in [5.41, 5.74) is 5.37. The Bertz CT molecular complexity index is 1960. The summed E-state index contributed by atoms with van der Waals surface area (Å²) in [5, 5.41) is 14.2. The Balaban J connectivity index is -0.000000116. The van der Waals surface area contributed by atoms with Crippen LogP contribution in [-0.4, -0.2) is 158 Å². The highest BCUT2D eigenvalue weighted by Crippen LogP contribution is 2.14. The average Bonchev–Trinajstić information content (AvgIpc) is 1.03. The molecule has 0 aromatic carbocycles. The number of nitrogens with one attached hydrogen (secondary N) is 5. The number of carbonyl (C=O) groups excluding carboxylic acids is 5. The Hall–Kier alpha value is -2.97. The molecule has 0 radical (unpaired) electrons. The van der Waals surface area contributed by atoms with Crippen molar-refractivity contribution in [3.05, 3.63) is 0 Å². The van der Waals surface area contributed by atoms with Crippen LogP contribution in [0.3, 0.4) is 0 Å². The van der Waals surface area contributed by atoms with Crippen LogP contribution in [0.4, 0.5) is 0 Å². The SMILES string of the molecule is C.CC(C)CCCCCCN.CCCCCCCCC(C)C.CCCCCCCCCC(C)C.CCCCCCCNC(=O)C(C)C.CCCCCCCNC(=O)COC(C)C.CCCCCCCOC(C)C.CCCCCCNC(=O)COC(C)C.CCCCCNC(=O)COC(C)C.CCCCCOC(C)C.CCCCNC(=O)COC(C)C.CCCOC(C)C. The largest absolute Gasteiger partial charge is 0.379 e. The Kier molecular flexibility index (Phi) is 159. The Morgan fingerprint density at radius 3 is 0.633 bits per heavy atom. The van der Waals surface area contributed by atoms with E-state index in [1.807, 2.05) is 69.2 Å². The number of rotatable bonds is 73. The predicted molar refractivity (Wildman–Crippen MR) is 566 cm³/mol. The van der Waals surface area contributed by atoms with Crippen LogP contribution in [0.5, 0.6) is 0 Å². The first kappa shape index (κ1) is 151. The van der Waals surface area contributed by atoms with Gasteiger partial charge in [-0.1, -0.05) is 382 Å². The van der Waals surface area contributed by atoms with Gasteiger partial charge in [-0.25, -0.2) is 0 Å². The van der Waals surface area contributed by atoms with Crippen LogP contribution in [0.2, 0.25) is 0 Å². The Labute approximate surface area is 803 Å². The van der Waals surface area contributed by atoms with Crippen LogP contribution in [0.1, 0.15) is 537 Å². The Morgan fingerprint density at radius 2 is 0.398 bits per heavy atom. The minimum atomic E-state index is -0.0165. The summed E-state index contributed by atoms with van der Waals surface area (Å²) in [5.74, 6) is 2.95. The van der Waals surface area contributed by atoms with Gasteiger partial charge < -0.3 is 65.5 Å². The van der Waals surface area contributed by atoms with E-state index >= 15 is 0 Å². The van der Waals surface area contributed by atoms with Crippen molar-refractivity contribution in [1.82, 2.24) is 26.6 Å². The maximum Gasteiger partial charge on any atom is 0.246 e. The molecule has 128 heavy (non-hydrogen) atoms. The molecule has 0 atom stereocenters. The lowest BCUT2D eigenvalue weighted by molar-refractivity contribution is -0.127. The molecule has 0 saturated carbocycles. The normalized spacial score (nSPS) is 10.6. The van der Waals surface area contributed by atoms with Gasteiger partial charge in [0, 0.05) is 58.5 Å². The highest BCUT2D eigenvalue weighted by atomic mass is 16.5. The van der Waals surface area contributed by atoms with E-state index in [-0.39, 0.29) is 93.7 Å². The summed E-state index contributed by atoms with van der Waals surface area (Å²) in [6.45, 7) is 75.7. The topological polar surface area (TPSA) is 236 Å². The third-order valence-electron chi connectivity index (χ3n) is 19.0. The first-order valence-electron chi connectivity index (χ1n) is 53.8. The molecule has 0 fully saturated rings. The lowest BCUT2D eigenvalue weighted by atomic mass is 10.0. The summed E-state index contributed by atoms with van der Waals surface area (Å²) in [4.78, 5) is 55.5. The van der Waals surface area contributed by atoms with Gasteiger partial charge in [-0.2, -0.15) is 0 Å². The van der Waals surface area contributed by atoms with E-state index in [9.17, 15) is 24.0 Å². The summed E-state index contributed by atoms with van der Waals surface area (Å²) < 4.78 is 36.6. The fourth-order valence-corrected chi connectivity index (χ4v) is 11.0. The van der Waals surface area contributed by atoms with Crippen molar-refractivity contribution in [1.29, 1.82) is 0 Å². The maximum atomic E-state index is 11.2. The van der Waals surface area contributed by atoms with Crippen LogP contribution in [0, 0.1) is 23.7 Å².